The van der Waals surface area contributed by atoms with E-state index in [9.17, 15) is 14.4 Å². The number of hydrogen-bond acceptors (Lipinski definition) is 9. The van der Waals surface area contributed by atoms with Crippen molar-refractivity contribution in [3.63, 3.8) is 0 Å². The molecule has 0 unspecified atom stereocenters. The number of allylic oxidation sites excluding steroid dienone is 1. The van der Waals surface area contributed by atoms with Crippen LogP contribution in [0.1, 0.15) is 36.6 Å². The van der Waals surface area contributed by atoms with Crippen molar-refractivity contribution < 1.29 is 28.5 Å². The Morgan fingerprint density at radius 1 is 0.933 bits per heavy atom. The van der Waals surface area contributed by atoms with E-state index in [1.54, 1.807) is 30.9 Å². The van der Waals surface area contributed by atoms with E-state index in [0.717, 1.165) is 22.6 Å². The molecular formula is C34H31N3O7S. The van der Waals surface area contributed by atoms with E-state index in [4.69, 9.17) is 18.9 Å². The van der Waals surface area contributed by atoms with Gasteiger partial charge in [-0.1, -0.05) is 59.9 Å². The van der Waals surface area contributed by atoms with Crippen LogP contribution in [-0.2, 0) is 20.9 Å². The molecule has 10 nitrogen and oxygen atoms in total. The summed E-state index contributed by atoms with van der Waals surface area (Å²) < 4.78 is 23.8. The molecule has 45 heavy (non-hydrogen) atoms. The topological polar surface area (TPSA) is 109 Å². The normalized spacial score (nSPS) is 16.6. The molecule has 230 valence electrons. The van der Waals surface area contributed by atoms with E-state index in [1.165, 1.54) is 25.9 Å². The van der Waals surface area contributed by atoms with Gasteiger partial charge in [0.2, 0.25) is 5.75 Å². The molecule has 0 aliphatic carbocycles. The van der Waals surface area contributed by atoms with Crippen molar-refractivity contribution >= 4 is 34.5 Å². The first kappa shape index (κ1) is 29.9. The lowest BCUT2D eigenvalue weighted by molar-refractivity contribution is -0.139. The monoisotopic (exact) mass is 625 g/mol. The summed E-state index contributed by atoms with van der Waals surface area (Å²) in [5.41, 5.74) is 3.29. The molecule has 0 fully saturated rings. The van der Waals surface area contributed by atoms with Crippen molar-refractivity contribution in [1.29, 1.82) is 0 Å². The van der Waals surface area contributed by atoms with E-state index < -0.39 is 17.6 Å². The number of rotatable bonds is 8. The van der Waals surface area contributed by atoms with E-state index in [0.29, 0.717) is 51.0 Å². The summed E-state index contributed by atoms with van der Waals surface area (Å²) in [6, 6.07) is 19.6. The number of fused-ring (bicyclic) bond motifs is 2. The number of methoxy groups -OCH3 is 3. The smallest absolute Gasteiger partial charge is 0.338 e. The minimum Gasteiger partial charge on any atom is -0.493 e. The van der Waals surface area contributed by atoms with Gasteiger partial charge in [0, 0.05) is 5.56 Å². The number of nitrogens with zero attached hydrogens (tertiary/aromatic N) is 3. The van der Waals surface area contributed by atoms with E-state index in [1.807, 2.05) is 54.6 Å². The molecule has 0 saturated carbocycles. The Morgan fingerprint density at radius 2 is 1.60 bits per heavy atom. The minimum atomic E-state index is -0.949. The van der Waals surface area contributed by atoms with Gasteiger partial charge in [0.05, 0.1) is 63.1 Å². The van der Waals surface area contributed by atoms with Gasteiger partial charge in [-0.25, -0.2) is 9.79 Å². The highest BCUT2D eigenvalue weighted by molar-refractivity contribution is 7.07. The quantitative estimate of drug-likeness (QED) is 0.275. The highest BCUT2D eigenvalue weighted by Gasteiger charge is 2.38. The van der Waals surface area contributed by atoms with Gasteiger partial charge in [-0.15, -0.1) is 0 Å². The van der Waals surface area contributed by atoms with Crippen molar-refractivity contribution in [3.05, 3.63) is 114 Å². The molecule has 6 rings (SSSR count). The van der Waals surface area contributed by atoms with Gasteiger partial charge >= 0.3 is 5.97 Å². The average molecular weight is 626 g/mol. The number of para-hydroxylation sites is 1. The Bertz CT molecular complexity index is 2020. The van der Waals surface area contributed by atoms with Gasteiger partial charge in [0.1, 0.15) is 4.53 Å². The van der Waals surface area contributed by atoms with Gasteiger partial charge < -0.3 is 23.8 Å². The van der Waals surface area contributed by atoms with Crippen molar-refractivity contribution in [3.8, 4) is 17.2 Å². The first-order chi connectivity index (χ1) is 21.8. The predicted molar refractivity (Wildman–Crippen MR) is 170 cm³/mol. The van der Waals surface area contributed by atoms with Gasteiger partial charge in [0.15, 0.2) is 16.3 Å². The standard InChI is InChI=1S/C34H31N3O7S/c1-6-44-33(40)26-19(2)35-34-37(28(26)21-16-24(41-3)29(43-5)25(17-21)42-4)32(39)30(45-34)27-22-14-10-11-15-23(22)36(31(27)38)18-20-12-8-7-9-13-20/h7-17,28H,6,18H2,1-5H3/b30-27-/t28-/m1/s1. The maximum atomic E-state index is 14.5. The van der Waals surface area contributed by atoms with E-state index in [2.05, 4.69) is 4.99 Å². The van der Waals surface area contributed by atoms with Gasteiger partial charge in [-0.2, -0.15) is 0 Å². The molecule has 0 spiro atoms. The van der Waals surface area contributed by atoms with E-state index in [-0.39, 0.29) is 22.6 Å². The number of benzene rings is 3. The summed E-state index contributed by atoms with van der Waals surface area (Å²) in [5.74, 6) is 0.184. The van der Waals surface area contributed by atoms with Crippen LogP contribution in [-0.4, -0.2) is 44.4 Å². The molecule has 1 aromatic heterocycles. The van der Waals surface area contributed by atoms with Gasteiger partial charge in [0.25, 0.3) is 11.5 Å². The Morgan fingerprint density at radius 3 is 2.24 bits per heavy atom. The molecule has 2 aliphatic heterocycles. The molecule has 0 bridgehead atoms. The summed E-state index contributed by atoms with van der Waals surface area (Å²) >= 11 is 1.12. The second kappa shape index (κ2) is 12.1. The van der Waals surface area contributed by atoms with Crippen LogP contribution in [0.3, 0.4) is 0 Å². The van der Waals surface area contributed by atoms with Crippen molar-refractivity contribution in [2.75, 3.05) is 32.8 Å². The minimum absolute atomic E-state index is 0.134. The third kappa shape index (κ3) is 4.98. The van der Waals surface area contributed by atoms with Crippen molar-refractivity contribution in [2.24, 2.45) is 4.99 Å². The molecule has 11 heteroatoms. The Labute approximate surface area is 263 Å². The second-order valence-electron chi connectivity index (χ2n) is 10.4. The molecule has 2 aliphatic rings. The molecule has 3 heterocycles. The SMILES string of the molecule is CCOC(=O)C1=C(C)N=c2s/c(=C3\C(=O)N(Cc4ccccc4)c4ccccc43)c(=O)n2[C@@H]1c1cc(OC)c(OC)c(OC)c1. The third-order valence-corrected chi connectivity index (χ3v) is 8.88. The molecule has 1 amide bonds. The maximum Gasteiger partial charge on any atom is 0.338 e. The van der Waals surface area contributed by atoms with Crippen LogP contribution in [0.2, 0.25) is 0 Å². The summed E-state index contributed by atoms with van der Waals surface area (Å²) in [6.07, 6.45) is 0. The van der Waals surface area contributed by atoms with Crippen molar-refractivity contribution in [2.45, 2.75) is 26.4 Å². The fourth-order valence-corrected chi connectivity index (χ4v) is 6.98. The van der Waals surface area contributed by atoms with Crippen molar-refractivity contribution in [1.82, 2.24) is 4.57 Å². The molecule has 1 atom stereocenters. The Hall–Kier alpha value is -5.16. The van der Waals surface area contributed by atoms with Gasteiger partial charge in [-0.05, 0) is 43.2 Å². The third-order valence-electron chi connectivity index (χ3n) is 7.83. The number of thiazole rings is 1. The average Bonchev–Trinajstić information content (AvgIpc) is 3.51. The molecule has 0 N–H and O–H groups in total. The number of carbonyl (C=O) groups is 2. The number of ether oxygens (including phenoxy) is 4. The zero-order valence-electron chi connectivity index (χ0n) is 25.5. The molecule has 4 aromatic rings. The predicted octanol–water partition coefficient (Wildman–Crippen LogP) is 3.74. The summed E-state index contributed by atoms with van der Waals surface area (Å²) in [7, 11) is 4.48. The molecule has 0 saturated heterocycles. The lowest BCUT2D eigenvalue weighted by Gasteiger charge is -2.26. The fraction of sp³-hybridized carbons (Fsp3) is 0.235. The summed E-state index contributed by atoms with van der Waals surface area (Å²) in [4.78, 5) is 48.8. The van der Waals surface area contributed by atoms with Gasteiger partial charge in [-0.3, -0.25) is 14.2 Å². The Balaban J connectivity index is 1.61. The number of hydrogen-bond donors (Lipinski definition) is 0. The highest BCUT2D eigenvalue weighted by Crippen LogP contribution is 2.42. The second-order valence-corrected chi connectivity index (χ2v) is 11.3. The lowest BCUT2D eigenvalue weighted by atomic mass is 9.95. The summed E-state index contributed by atoms with van der Waals surface area (Å²) in [6.45, 7) is 3.90. The number of amides is 1. The van der Waals surface area contributed by atoms with Crippen LogP contribution in [0.15, 0.2) is 87.8 Å². The maximum absolute atomic E-state index is 14.5. The summed E-state index contributed by atoms with van der Waals surface area (Å²) in [5, 5.41) is 0. The van der Waals surface area contributed by atoms with Crippen LogP contribution < -0.4 is 34.0 Å². The van der Waals surface area contributed by atoms with Crippen LogP contribution in [0.25, 0.3) is 5.57 Å². The lowest BCUT2D eigenvalue weighted by Crippen LogP contribution is -2.41. The zero-order valence-corrected chi connectivity index (χ0v) is 26.3. The number of carbonyl (C=O) groups excluding carboxylic acids is 2. The number of aromatic nitrogens is 1. The number of anilines is 1. The van der Waals surface area contributed by atoms with E-state index >= 15 is 0 Å². The number of esters is 1. The van der Waals surface area contributed by atoms with Crippen LogP contribution in [0.4, 0.5) is 5.69 Å². The molecule has 0 radical (unpaired) electrons. The first-order valence-electron chi connectivity index (χ1n) is 14.3. The molecule has 3 aromatic carbocycles. The first-order valence-corrected chi connectivity index (χ1v) is 15.1. The highest BCUT2D eigenvalue weighted by atomic mass is 32.1. The molecular weight excluding hydrogens is 594 g/mol. The fourth-order valence-electron chi connectivity index (χ4n) is 5.84. The zero-order chi connectivity index (χ0) is 31.8. The Kier molecular flexibility index (Phi) is 8.03. The van der Waals surface area contributed by atoms with Crippen LogP contribution >= 0.6 is 11.3 Å². The largest absolute Gasteiger partial charge is 0.493 e. The van der Waals surface area contributed by atoms with Crippen LogP contribution in [0, 0.1) is 0 Å². The van der Waals surface area contributed by atoms with Crippen LogP contribution in [0.5, 0.6) is 17.2 Å².